The Morgan fingerprint density at radius 2 is 1.70 bits per heavy atom. The Morgan fingerprint density at radius 1 is 1.10 bits per heavy atom. The highest BCUT2D eigenvalue weighted by atomic mass is 19.4. The summed E-state index contributed by atoms with van der Waals surface area (Å²) in [7, 11) is 0. The lowest BCUT2D eigenvalue weighted by Gasteiger charge is -2.20. The second kappa shape index (κ2) is 8.53. The van der Waals surface area contributed by atoms with Gasteiger partial charge < -0.3 is 0 Å². The van der Waals surface area contributed by atoms with Crippen molar-refractivity contribution in [1.29, 1.82) is 0 Å². The molecule has 2 aliphatic rings. The number of benzene rings is 1. The highest BCUT2D eigenvalue weighted by Crippen LogP contribution is 2.48. The Morgan fingerprint density at radius 3 is 2.23 bits per heavy atom. The number of hydrogen-bond acceptors (Lipinski definition) is 3. The lowest BCUT2D eigenvalue weighted by atomic mass is 9.91. The fourth-order valence-corrected chi connectivity index (χ4v) is 4.55. The quantitative estimate of drug-likeness (QED) is 0.434. The zero-order chi connectivity index (χ0) is 22.1. The maximum Gasteiger partial charge on any atom is 0.433 e. The third-order valence-corrected chi connectivity index (χ3v) is 5.86. The van der Waals surface area contributed by atoms with Gasteiger partial charge >= 0.3 is 12.4 Å². The lowest BCUT2D eigenvalue weighted by molar-refractivity contribution is -0.138. The van der Waals surface area contributed by atoms with Crippen LogP contribution in [0.2, 0.25) is 0 Å². The minimum atomic E-state index is -4.58. The highest BCUT2D eigenvalue weighted by molar-refractivity contribution is 5.93. The summed E-state index contributed by atoms with van der Waals surface area (Å²) in [5, 5.41) is 0. The largest absolute Gasteiger partial charge is 0.433 e. The van der Waals surface area contributed by atoms with Crippen LogP contribution in [-0.2, 0) is 6.18 Å². The first-order valence-electron chi connectivity index (χ1n) is 9.64. The molecule has 2 fully saturated rings. The average molecular weight is 431 g/mol. The van der Waals surface area contributed by atoms with Gasteiger partial charge in [-0.2, -0.15) is 26.3 Å². The first kappa shape index (κ1) is 22.5. The van der Waals surface area contributed by atoms with Crippen molar-refractivity contribution in [3.8, 4) is 0 Å². The molecule has 1 heterocycles. The van der Waals surface area contributed by atoms with Gasteiger partial charge in [-0.05, 0) is 61.9 Å². The minimum Gasteiger partial charge on any atom is -0.284 e. The van der Waals surface area contributed by atoms with Crippen molar-refractivity contribution in [2.75, 3.05) is 19.8 Å². The van der Waals surface area contributed by atoms with Crippen LogP contribution in [0.15, 0.2) is 46.0 Å². The van der Waals surface area contributed by atoms with E-state index in [1.807, 2.05) is 4.90 Å². The molecular weight excluding hydrogens is 408 g/mol. The lowest BCUT2D eigenvalue weighted by Crippen LogP contribution is -2.23. The van der Waals surface area contributed by atoms with Crippen molar-refractivity contribution >= 4 is 12.4 Å². The predicted molar refractivity (Wildman–Crippen MR) is 104 cm³/mol. The first-order valence-corrected chi connectivity index (χ1v) is 9.64. The van der Waals surface area contributed by atoms with E-state index in [2.05, 4.69) is 16.7 Å². The van der Waals surface area contributed by atoms with Gasteiger partial charge in [-0.3, -0.25) is 14.9 Å². The van der Waals surface area contributed by atoms with Gasteiger partial charge in [-0.25, -0.2) is 0 Å². The molecule has 9 heteroatoms. The number of alkyl halides is 6. The zero-order valence-corrected chi connectivity index (χ0v) is 16.5. The summed E-state index contributed by atoms with van der Waals surface area (Å²) in [5.74, 6) is 0.409. The van der Waals surface area contributed by atoms with Gasteiger partial charge in [0, 0.05) is 18.8 Å². The number of rotatable bonds is 5. The van der Waals surface area contributed by atoms with E-state index in [-0.39, 0.29) is 30.1 Å². The van der Waals surface area contributed by atoms with Crippen LogP contribution in [0, 0.1) is 11.8 Å². The normalized spacial score (nSPS) is 26.2. The molecule has 1 aromatic rings. The van der Waals surface area contributed by atoms with Crippen molar-refractivity contribution in [2.24, 2.45) is 21.8 Å². The molecule has 3 rings (SSSR count). The van der Waals surface area contributed by atoms with E-state index in [1.165, 1.54) is 13.0 Å². The average Bonchev–Trinajstić information content (AvgIpc) is 3.21. The van der Waals surface area contributed by atoms with Crippen molar-refractivity contribution < 1.29 is 26.3 Å². The number of fused-ring (bicyclic) bond motifs is 1. The molecule has 0 N–H and O–H groups in total. The molecule has 1 aliphatic carbocycles. The molecule has 164 valence electrons. The monoisotopic (exact) mass is 431 g/mol. The Labute approximate surface area is 171 Å². The summed E-state index contributed by atoms with van der Waals surface area (Å²) in [4.78, 5) is 9.22. The molecule has 1 aromatic carbocycles. The topological polar surface area (TPSA) is 28.0 Å². The standard InChI is InChI=1S/C21H23F6N3/c1-13(7-19(28-2)21(25,26)27)29-12-30-10-15-8-14(9-16(15)11-30)17-5-3-4-6-18(17)20(22,23)24/h3-7,14-16H,2,8-12H2,1H3/b19-7-,29-13?. The second-order valence-electron chi connectivity index (χ2n) is 7.94. The summed E-state index contributed by atoms with van der Waals surface area (Å²) >= 11 is 0. The first-order chi connectivity index (χ1) is 14.0. The van der Waals surface area contributed by atoms with Gasteiger partial charge in [0.25, 0.3) is 0 Å². The summed E-state index contributed by atoms with van der Waals surface area (Å²) in [6, 6.07) is 5.75. The molecule has 3 nitrogen and oxygen atoms in total. The van der Waals surface area contributed by atoms with E-state index in [4.69, 9.17) is 0 Å². The van der Waals surface area contributed by atoms with Gasteiger partial charge in [0.05, 0.1) is 12.2 Å². The Hall–Kier alpha value is -2.16. The van der Waals surface area contributed by atoms with Crippen LogP contribution in [0.1, 0.15) is 36.8 Å². The van der Waals surface area contributed by atoms with Gasteiger partial charge in [0.2, 0.25) is 0 Å². The molecule has 0 aromatic heterocycles. The van der Waals surface area contributed by atoms with Crippen LogP contribution in [0.4, 0.5) is 26.3 Å². The van der Waals surface area contributed by atoms with E-state index in [0.717, 1.165) is 12.1 Å². The Kier molecular flexibility index (Phi) is 6.40. The fraction of sp³-hybridized carbons (Fsp3) is 0.524. The molecule has 1 aliphatic heterocycles. The van der Waals surface area contributed by atoms with Crippen molar-refractivity contribution in [3.63, 3.8) is 0 Å². The minimum absolute atomic E-state index is 0.124. The van der Waals surface area contributed by atoms with Crippen LogP contribution in [0.3, 0.4) is 0 Å². The Balaban J connectivity index is 1.61. The number of nitrogens with zero attached hydrogens (tertiary/aromatic N) is 3. The van der Waals surface area contributed by atoms with Crippen LogP contribution >= 0.6 is 0 Å². The zero-order valence-electron chi connectivity index (χ0n) is 16.5. The van der Waals surface area contributed by atoms with Crippen molar-refractivity contribution in [3.05, 3.63) is 47.2 Å². The van der Waals surface area contributed by atoms with Crippen LogP contribution in [-0.4, -0.2) is 43.3 Å². The van der Waals surface area contributed by atoms with Crippen LogP contribution < -0.4 is 0 Å². The Bertz CT molecular complexity index is 826. The molecule has 0 radical (unpaired) electrons. The van der Waals surface area contributed by atoms with Gasteiger partial charge in [0.1, 0.15) is 5.70 Å². The summed E-state index contributed by atoms with van der Waals surface area (Å²) < 4.78 is 78.1. The SMILES string of the molecule is C=N/C(=C\C(C)=NCN1CC2CC(c3ccccc3C(F)(F)F)CC2C1)C(F)(F)F. The predicted octanol–water partition coefficient (Wildman–Crippen LogP) is 5.70. The highest BCUT2D eigenvalue weighted by Gasteiger charge is 2.43. The molecule has 0 spiro atoms. The molecule has 0 bridgehead atoms. The molecule has 1 saturated heterocycles. The van der Waals surface area contributed by atoms with E-state index >= 15 is 0 Å². The van der Waals surface area contributed by atoms with Crippen LogP contribution in [0.25, 0.3) is 0 Å². The number of likely N-dealkylation sites (tertiary alicyclic amines) is 1. The summed E-state index contributed by atoms with van der Waals surface area (Å²) in [5.41, 5.74) is -1.09. The molecule has 30 heavy (non-hydrogen) atoms. The summed E-state index contributed by atoms with van der Waals surface area (Å²) in [6.07, 6.45) is -6.74. The molecule has 2 unspecified atom stereocenters. The fourth-order valence-electron chi connectivity index (χ4n) is 4.55. The number of halogens is 6. The molecule has 0 amide bonds. The number of aliphatic imine (C=N–C) groups is 2. The smallest absolute Gasteiger partial charge is 0.284 e. The maximum atomic E-state index is 13.3. The summed E-state index contributed by atoms with van der Waals surface area (Å²) in [6.45, 7) is 6.02. The van der Waals surface area contributed by atoms with Gasteiger partial charge in [-0.1, -0.05) is 18.2 Å². The third kappa shape index (κ3) is 5.11. The molecule has 2 atom stereocenters. The van der Waals surface area contributed by atoms with Gasteiger partial charge in [-0.15, -0.1) is 0 Å². The van der Waals surface area contributed by atoms with E-state index < -0.39 is 23.6 Å². The van der Waals surface area contributed by atoms with Crippen molar-refractivity contribution in [1.82, 2.24) is 4.90 Å². The van der Waals surface area contributed by atoms with E-state index in [9.17, 15) is 26.3 Å². The number of allylic oxidation sites excluding steroid dienone is 2. The number of hydrogen-bond donors (Lipinski definition) is 0. The molecule has 1 saturated carbocycles. The third-order valence-electron chi connectivity index (χ3n) is 5.86. The van der Waals surface area contributed by atoms with Gasteiger partial charge in [0.15, 0.2) is 0 Å². The second-order valence-corrected chi connectivity index (χ2v) is 7.94. The molecular formula is C21H23F6N3. The maximum absolute atomic E-state index is 13.3. The van der Waals surface area contributed by atoms with E-state index in [1.54, 1.807) is 12.1 Å². The van der Waals surface area contributed by atoms with E-state index in [0.29, 0.717) is 31.5 Å². The van der Waals surface area contributed by atoms with Crippen LogP contribution in [0.5, 0.6) is 0 Å². The van der Waals surface area contributed by atoms with Crippen molar-refractivity contribution in [2.45, 2.75) is 38.0 Å².